The smallest absolute Gasteiger partial charge is 0.339 e. The van der Waals surface area contributed by atoms with Crippen LogP contribution in [0.15, 0.2) is 0 Å². The van der Waals surface area contributed by atoms with Gasteiger partial charge >= 0.3 is 7.60 Å². The van der Waals surface area contributed by atoms with Crippen LogP contribution in [0.3, 0.4) is 0 Å². The second kappa shape index (κ2) is 7.93. The molecule has 0 heterocycles. The van der Waals surface area contributed by atoms with Gasteiger partial charge in [-0.3, -0.25) is 9.36 Å². The fourth-order valence-corrected chi connectivity index (χ4v) is 4.13. The van der Waals surface area contributed by atoms with Crippen molar-refractivity contribution in [3.63, 3.8) is 0 Å². The SMILES string of the molecule is CCOP(=O)(OCC)[C@@H](NC(=O)CC)C(Cl)(Cl)Cl. The lowest BCUT2D eigenvalue weighted by Gasteiger charge is -2.31. The van der Waals surface area contributed by atoms with Crippen LogP contribution in [0.2, 0.25) is 0 Å². The summed E-state index contributed by atoms with van der Waals surface area (Å²) in [5.74, 6) is -1.76. The van der Waals surface area contributed by atoms with Gasteiger partial charge in [0.25, 0.3) is 0 Å². The predicted octanol–water partition coefficient (Wildman–Crippen LogP) is 3.48. The lowest BCUT2D eigenvalue weighted by atomic mass is 10.4. The van der Waals surface area contributed by atoms with E-state index in [1.165, 1.54) is 0 Å². The maximum atomic E-state index is 12.5. The van der Waals surface area contributed by atoms with Gasteiger partial charge in [0.2, 0.25) is 9.70 Å². The minimum atomic E-state index is -3.75. The Bertz CT molecular complexity index is 311. The van der Waals surface area contributed by atoms with E-state index in [-0.39, 0.29) is 19.6 Å². The molecule has 0 unspecified atom stereocenters. The molecule has 1 atom stereocenters. The molecule has 0 fully saturated rings. The van der Waals surface area contributed by atoms with Crippen LogP contribution < -0.4 is 5.32 Å². The van der Waals surface area contributed by atoms with E-state index in [1.54, 1.807) is 20.8 Å². The highest BCUT2D eigenvalue weighted by Gasteiger charge is 2.49. The lowest BCUT2D eigenvalue weighted by molar-refractivity contribution is -0.121. The summed E-state index contributed by atoms with van der Waals surface area (Å²) in [5, 5.41) is 2.37. The van der Waals surface area contributed by atoms with Gasteiger partial charge in [-0.05, 0) is 13.8 Å². The van der Waals surface area contributed by atoms with Gasteiger partial charge in [-0.2, -0.15) is 0 Å². The van der Waals surface area contributed by atoms with E-state index in [0.29, 0.717) is 0 Å². The Hall–Kier alpha value is 0.490. The first kappa shape index (κ1) is 18.5. The summed E-state index contributed by atoms with van der Waals surface area (Å²) in [4.78, 5) is 11.4. The minimum Gasteiger partial charge on any atom is -0.339 e. The maximum absolute atomic E-state index is 12.5. The van der Waals surface area contributed by atoms with Gasteiger partial charge in [-0.1, -0.05) is 41.7 Å². The normalized spacial score (nSPS) is 14.3. The predicted molar refractivity (Wildman–Crippen MR) is 73.4 cm³/mol. The Morgan fingerprint density at radius 3 is 1.94 bits per heavy atom. The first-order valence-electron chi connectivity index (χ1n) is 5.46. The number of nitrogens with one attached hydrogen (secondary N) is 1. The molecule has 0 aliphatic carbocycles. The van der Waals surface area contributed by atoms with Gasteiger partial charge in [0.05, 0.1) is 13.2 Å². The zero-order valence-electron chi connectivity index (χ0n) is 10.4. The zero-order valence-corrected chi connectivity index (χ0v) is 13.6. The van der Waals surface area contributed by atoms with Crippen molar-refractivity contribution in [2.75, 3.05) is 13.2 Å². The average Bonchev–Trinajstić information content (AvgIpc) is 2.24. The van der Waals surface area contributed by atoms with Crippen molar-refractivity contribution in [1.82, 2.24) is 5.32 Å². The molecule has 18 heavy (non-hydrogen) atoms. The van der Waals surface area contributed by atoms with Crippen molar-refractivity contribution < 1.29 is 18.4 Å². The largest absolute Gasteiger partial charge is 0.357 e. The number of rotatable bonds is 7. The molecule has 5 nitrogen and oxygen atoms in total. The lowest BCUT2D eigenvalue weighted by Crippen LogP contribution is -2.44. The molecule has 0 radical (unpaired) electrons. The number of halogens is 3. The van der Waals surface area contributed by atoms with Crippen LogP contribution in [-0.2, 0) is 18.4 Å². The first-order chi connectivity index (χ1) is 8.21. The van der Waals surface area contributed by atoms with E-state index in [2.05, 4.69) is 5.32 Å². The minimum absolute atomic E-state index is 0.108. The van der Waals surface area contributed by atoms with Crippen LogP contribution in [0.25, 0.3) is 0 Å². The van der Waals surface area contributed by atoms with Crippen molar-refractivity contribution in [1.29, 1.82) is 0 Å². The Morgan fingerprint density at radius 1 is 1.22 bits per heavy atom. The maximum Gasteiger partial charge on any atom is 0.357 e. The molecule has 0 saturated carbocycles. The van der Waals surface area contributed by atoms with Crippen molar-refractivity contribution in [2.24, 2.45) is 0 Å². The number of amides is 1. The number of hydrogen-bond donors (Lipinski definition) is 1. The zero-order chi connectivity index (χ0) is 14.4. The highest BCUT2D eigenvalue weighted by Crippen LogP contribution is 2.58. The van der Waals surface area contributed by atoms with Crippen molar-refractivity contribution in [3.8, 4) is 0 Å². The van der Waals surface area contributed by atoms with E-state index >= 15 is 0 Å². The van der Waals surface area contributed by atoms with Crippen LogP contribution >= 0.6 is 42.4 Å². The summed E-state index contributed by atoms with van der Waals surface area (Å²) in [7, 11) is -3.75. The molecule has 1 N–H and O–H groups in total. The Labute approximate surface area is 122 Å². The third-order valence-corrected chi connectivity index (χ3v) is 5.36. The highest BCUT2D eigenvalue weighted by atomic mass is 35.6. The third-order valence-electron chi connectivity index (χ3n) is 1.86. The summed E-state index contributed by atoms with van der Waals surface area (Å²) in [6, 6.07) is 0. The fraction of sp³-hybridized carbons (Fsp3) is 0.889. The van der Waals surface area contributed by atoms with Gasteiger partial charge in [0.15, 0.2) is 5.78 Å². The highest BCUT2D eigenvalue weighted by molar-refractivity contribution is 7.55. The van der Waals surface area contributed by atoms with Crippen LogP contribution in [-0.4, -0.2) is 28.7 Å². The summed E-state index contributed by atoms with van der Waals surface area (Å²) >= 11 is 17.2. The Kier molecular flexibility index (Phi) is 8.15. The van der Waals surface area contributed by atoms with Crippen molar-refractivity contribution >= 4 is 48.3 Å². The van der Waals surface area contributed by atoms with Crippen molar-refractivity contribution in [2.45, 2.75) is 36.8 Å². The average molecular weight is 341 g/mol. The molecule has 0 aromatic carbocycles. The van der Waals surface area contributed by atoms with E-state index in [1.807, 2.05) is 0 Å². The molecule has 108 valence electrons. The molecule has 0 bridgehead atoms. The number of carbonyl (C=O) groups is 1. The quantitative estimate of drug-likeness (QED) is 0.569. The first-order valence-corrected chi connectivity index (χ1v) is 8.20. The van der Waals surface area contributed by atoms with Crippen LogP contribution in [0.4, 0.5) is 0 Å². The molecule has 0 aromatic rings. The number of hydrogen-bond acceptors (Lipinski definition) is 4. The molecule has 1 amide bonds. The van der Waals surface area contributed by atoms with E-state index in [9.17, 15) is 9.36 Å². The molecular formula is C9H17Cl3NO4P. The fourth-order valence-electron chi connectivity index (χ4n) is 1.14. The molecule has 0 aliphatic heterocycles. The second-order valence-electron chi connectivity index (χ2n) is 3.24. The summed E-state index contributed by atoms with van der Waals surface area (Å²) in [6.45, 7) is 5.09. The second-order valence-corrected chi connectivity index (χ2v) is 7.72. The topological polar surface area (TPSA) is 64.6 Å². The molecule has 0 aromatic heterocycles. The van der Waals surface area contributed by atoms with E-state index in [4.69, 9.17) is 43.9 Å². The number of alkyl halides is 3. The summed E-state index contributed by atoms with van der Waals surface area (Å²) in [6.07, 6.45) is 0.162. The molecule has 0 aliphatic rings. The summed E-state index contributed by atoms with van der Waals surface area (Å²) in [5.41, 5.74) is 0. The molecule has 0 saturated heterocycles. The van der Waals surface area contributed by atoms with Crippen LogP contribution in [0.1, 0.15) is 27.2 Å². The van der Waals surface area contributed by atoms with Gasteiger partial charge in [-0.15, -0.1) is 0 Å². The molecule has 0 spiro atoms. The molecular weight excluding hydrogens is 323 g/mol. The van der Waals surface area contributed by atoms with Gasteiger partial charge in [-0.25, -0.2) is 0 Å². The Morgan fingerprint density at radius 2 is 1.67 bits per heavy atom. The number of carbonyl (C=O) groups excluding carboxylic acids is 1. The molecule has 9 heteroatoms. The van der Waals surface area contributed by atoms with E-state index in [0.717, 1.165) is 0 Å². The molecule has 0 rings (SSSR count). The van der Waals surface area contributed by atoms with Gasteiger partial charge in [0.1, 0.15) is 0 Å². The van der Waals surface area contributed by atoms with Gasteiger partial charge < -0.3 is 14.4 Å². The third kappa shape index (κ3) is 5.64. The van der Waals surface area contributed by atoms with Crippen LogP contribution in [0, 0.1) is 0 Å². The monoisotopic (exact) mass is 339 g/mol. The summed E-state index contributed by atoms with van der Waals surface area (Å²) < 4.78 is 20.6. The standard InChI is InChI=1S/C9H17Cl3NO4P/c1-4-7(14)13-8(9(10,11)12)18(15,16-5-2)17-6-3/h8H,4-6H2,1-3H3,(H,13,14)/t8-/m1/s1. The van der Waals surface area contributed by atoms with Crippen LogP contribution in [0.5, 0.6) is 0 Å². The van der Waals surface area contributed by atoms with Crippen molar-refractivity contribution in [3.05, 3.63) is 0 Å². The Balaban J connectivity index is 5.24. The van der Waals surface area contributed by atoms with E-state index < -0.39 is 23.1 Å². The van der Waals surface area contributed by atoms with Gasteiger partial charge in [0, 0.05) is 6.42 Å².